The molecule has 0 N–H and O–H groups in total. The van der Waals surface area contributed by atoms with Crippen molar-refractivity contribution in [1.82, 2.24) is 14.1 Å². The molecule has 6 aromatic carbocycles. The van der Waals surface area contributed by atoms with Gasteiger partial charge in [-0.3, -0.25) is 0 Å². The van der Waals surface area contributed by atoms with Crippen molar-refractivity contribution < 1.29 is 25.8 Å². The number of imidazole rings is 1. The first kappa shape index (κ1) is 33.6. The first-order valence-corrected chi connectivity index (χ1v) is 17.2. The number of anilines is 4. The summed E-state index contributed by atoms with van der Waals surface area (Å²) in [6.07, 6.45) is 3.77. The van der Waals surface area contributed by atoms with Crippen LogP contribution in [0.3, 0.4) is 0 Å². The van der Waals surface area contributed by atoms with Crippen molar-refractivity contribution in [2.24, 2.45) is 7.05 Å². The molecule has 1 aliphatic rings. The average Bonchev–Trinajstić information content (AvgIpc) is 3.84. The third kappa shape index (κ3) is 5.77. The molecule has 2 aromatic heterocycles. The maximum Gasteiger partial charge on any atom is 0.212 e. The van der Waals surface area contributed by atoms with Gasteiger partial charge in [-0.2, -0.15) is 12.1 Å². The molecule has 0 radical (unpaired) electrons. The van der Waals surface area contributed by atoms with E-state index in [2.05, 4.69) is 168 Å². The Morgan fingerprint density at radius 3 is 2.17 bits per heavy atom. The normalized spacial score (nSPS) is 12.7. The van der Waals surface area contributed by atoms with Gasteiger partial charge in [0.05, 0.1) is 0 Å². The maximum atomic E-state index is 6.51. The van der Waals surface area contributed by atoms with Crippen LogP contribution in [0.2, 0.25) is 0 Å². The van der Waals surface area contributed by atoms with Crippen LogP contribution in [0.25, 0.3) is 38.9 Å². The van der Waals surface area contributed by atoms with E-state index < -0.39 is 0 Å². The van der Waals surface area contributed by atoms with E-state index in [9.17, 15) is 0 Å². The number of fused-ring (bicyclic) bond motifs is 4. The second-order valence-electron chi connectivity index (χ2n) is 14.0. The van der Waals surface area contributed by atoms with Crippen LogP contribution < -0.4 is 14.5 Å². The van der Waals surface area contributed by atoms with E-state index in [-0.39, 0.29) is 26.5 Å². The molecule has 0 amide bonds. The van der Waals surface area contributed by atoms with Crippen molar-refractivity contribution in [2.75, 3.05) is 9.80 Å². The molecule has 0 saturated carbocycles. The summed E-state index contributed by atoms with van der Waals surface area (Å²) in [7, 11) is 2.00. The van der Waals surface area contributed by atoms with E-state index in [0.717, 1.165) is 50.5 Å². The van der Waals surface area contributed by atoms with E-state index in [1.165, 1.54) is 16.7 Å². The Bertz CT molecular complexity index is 2560. The zero-order valence-corrected chi connectivity index (χ0v) is 31.6. The molecule has 0 spiro atoms. The van der Waals surface area contributed by atoms with Crippen LogP contribution >= 0.6 is 0 Å². The smallest absolute Gasteiger partial charge is 0.212 e. The molecule has 7 heteroatoms. The number of ether oxygens (including phenoxy) is 1. The minimum atomic E-state index is -0.00584. The summed E-state index contributed by atoms with van der Waals surface area (Å²) >= 11 is 0. The molecular weight excluding hydrogens is 822 g/mol. The number of aryl methyl sites for hydroxylation is 1. The average molecular weight is 858 g/mol. The molecule has 6 nitrogen and oxygen atoms in total. The van der Waals surface area contributed by atoms with Crippen molar-refractivity contribution in [3.8, 4) is 28.6 Å². The fourth-order valence-corrected chi connectivity index (χ4v) is 7.02. The summed E-state index contributed by atoms with van der Waals surface area (Å²) in [5.74, 6) is 2.03. The Morgan fingerprint density at radius 1 is 0.673 bits per heavy atom. The Labute approximate surface area is 318 Å². The molecule has 0 aliphatic carbocycles. The number of hydrogen-bond donors (Lipinski definition) is 0. The van der Waals surface area contributed by atoms with Crippen LogP contribution in [0.4, 0.5) is 22.7 Å². The van der Waals surface area contributed by atoms with Gasteiger partial charge in [-0.05, 0) is 46.2 Å². The van der Waals surface area contributed by atoms with Crippen molar-refractivity contribution in [1.29, 1.82) is 0 Å². The molecule has 260 valence electrons. The van der Waals surface area contributed by atoms with Gasteiger partial charge in [-0.25, -0.2) is 4.98 Å². The third-order valence-electron chi connectivity index (χ3n) is 9.62. The Kier molecular flexibility index (Phi) is 8.51. The fourth-order valence-electron chi connectivity index (χ4n) is 7.02. The fraction of sp³-hybridized carbons (Fsp3) is 0.111. The zero-order valence-electron chi connectivity index (χ0n) is 29.3. The summed E-state index contributed by atoms with van der Waals surface area (Å²) in [5, 5.41) is 2.23. The summed E-state index contributed by atoms with van der Waals surface area (Å²) in [5.41, 5.74) is 9.76. The first-order valence-electron chi connectivity index (χ1n) is 17.2. The van der Waals surface area contributed by atoms with Gasteiger partial charge in [0.15, 0.2) is 0 Å². The molecular formula is C45H36N5OPt-3. The molecule has 0 unspecified atom stereocenters. The van der Waals surface area contributed by atoms with Crippen LogP contribution in [-0.4, -0.2) is 14.1 Å². The number of benzene rings is 6. The number of para-hydroxylation sites is 3. The van der Waals surface area contributed by atoms with Crippen LogP contribution in [0.1, 0.15) is 26.3 Å². The van der Waals surface area contributed by atoms with Crippen LogP contribution in [0, 0.1) is 18.8 Å². The molecule has 1 aliphatic heterocycles. The largest absolute Gasteiger partial charge is 0.509 e. The summed E-state index contributed by atoms with van der Waals surface area (Å²) in [6, 6.07) is 51.5. The molecule has 9 rings (SSSR count). The second kappa shape index (κ2) is 13.2. The Hall–Kier alpha value is -5.58. The van der Waals surface area contributed by atoms with E-state index in [0.29, 0.717) is 11.5 Å². The van der Waals surface area contributed by atoms with Gasteiger partial charge in [-0.15, -0.1) is 48.1 Å². The predicted molar refractivity (Wildman–Crippen MR) is 207 cm³/mol. The summed E-state index contributed by atoms with van der Waals surface area (Å²) in [6.45, 7) is 8.94. The van der Waals surface area contributed by atoms with Crippen molar-refractivity contribution in [2.45, 2.75) is 26.2 Å². The molecule has 0 atom stereocenters. The monoisotopic (exact) mass is 857 g/mol. The zero-order chi connectivity index (χ0) is 34.7. The van der Waals surface area contributed by atoms with Gasteiger partial charge < -0.3 is 23.7 Å². The number of aromatic nitrogens is 3. The van der Waals surface area contributed by atoms with Gasteiger partial charge in [0.1, 0.15) is 0 Å². The van der Waals surface area contributed by atoms with E-state index in [4.69, 9.17) is 4.74 Å². The molecule has 0 fully saturated rings. The van der Waals surface area contributed by atoms with E-state index in [1.807, 2.05) is 42.2 Å². The maximum absolute atomic E-state index is 6.51. The molecule has 0 bridgehead atoms. The molecule has 0 saturated heterocycles. The van der Waals surface area contributed by atoms with Crippen LogP contribution in [0.5, 0.6) is 11.5 Å². The van der Waals surface area contributed by atoms with Crippen molar-refractivity contribution >= 4 is 44.6 Å². The Morgan fingerprint density at radius 2 is 1.40 bits per heavy atom. The third-order valence-corrected chi connectivity index (χ3v) is 9.62. The standard InChI is InChI=1S/C45H36N5O.Pt/c1-45(2,3)32-21-23-36(31-13-6-5-7-14-31)42(27-32)49-30-48(40-19-10-11-20-41(40)49)33-15-12-16-34(28-33)51-35-22-24-38-37-17-8-9-18-39(37)50(43(38)29-35)44-46-25-26-47(44)4;/h5-27,30H,1-4H3;/q-3;. The van der Waals surface area contributed by atoms with Gasteiger partial charge in [0.2, 0.25) is 5.95 Å². The number of rotatable bonds is 6. The second-order valence-corrected chi connectivity index (χ2v) is 14.0. The predicted octanol–water partition coefficient (Wildman–Crippen LogP) is 11.3. The topological polar surface area (TPSA) is 38.5 Å². The molecule has 3 heterocycles. The Balaban J connectivity index is 0.00000387. The van der Waals surface area contributed by atoms with Gasteiger partial charge in [0.25, 0.3) is 0 Å². The van der Waals surface area contributed by atoms with E-state index >= 15 is 0 Å². The van der Waals surface area contributed by atoms with Gasteiger partial charge >= 0.3 is 0 Å². The van der Waals surface area contributed by atoms with Crippen LogP contribution in [-0.2, 0) is 33.5 Å². The van der Waals surface area contributed by atoms with E-state index in [1.54, 1.807) is 0 Å². The van der Waals surface area contributed by atoms with Crippen molar-refractivity contribution in [3.63, 3.8) is 0 Å². The molecule has 52 heavy (non-hydrogen) atoms. The molecule has 8 aromatic rings. The van der Waals surface area contributed by atoms with Crippen molar-refractivity contribution in [3.05, 3.63) is 164 Å². The quantitative estimate of drug-likeness (QED) is 0.156. The first-order chi connectivity index (χ1) is 24.8. The van der Waals surface area contributed by atoms with Crippen LogP contribution in [0.15, 0.2) is 140 Å². The minimum Gasteiger partial charge on any atom is -0.509 e. The van der Waals surface area contributed by atoms with Gasteiger partial charge in [-0.1, -0.05) is 99.1 Å². The SMILES string of the molecule is Cn1ccnc1-n1c2[c-]c(Oc3[c-]c(N4[CH-]N(c5cc(C(C)(C)C)ccc5-c5ccccc5)c5ccccc54)ccc3)ccc2c2ccccc21.[Pt]. The number of nitrogens with zero attached hydrogens (tertiary/aromatic N) is 5. The summed E-state index contributed by atoms with van der Waals surface area (Å²) in [4.78, 5) is 9.14. The summed E-state index contributed by atoms with van der Waals surface area (Å²) < 4.78 is 10.7. The van der Waals surface area contributed by atoms with Gasteiger partial charge in [0, 0.05) is 80.1 Å². The minimum absolute atomic E-state index is 0. The number of hydrogen-bond acceptors (Lipinski definition) is 4.